The van der Waals surface area contributed by atoms with Crippen LogP contribution in [0.4, 0.5) is 4.39 Å². The quantitative estimate of drug-likeness (QED) is 0.472. The fraction of sp³-hybridized carbons (Fsp3) is 0.200. The normalized spacial score (nSPS) is 12.1. The van der Waals surface area contributed by atoms with Crippen LogP contribution in [0.5, 0.6) is 0 Å². The van der Waals surface area contributed by atoms with Gasteiger partial charge in [-0.2, -0.15) is 0 Å². The van der Waals surface area contributed by atoms with Crippen LogP contribution >= 0.6 is 0 Å². The third-order valence-corrected chi connectivity index (χ3v) is 5.22. The minimum absolute atomic E-state index is 0.0316. The SMILES string of the molecule is CC(NC(=O)CCc1ccccc1)c1nc2ccccc2n1Cc1ccccc1F. The Kier molecular flexibility index (Phi) is 5.89. The standard InChI is InChI=1S/C25H24FN3O/c1-18(27-24(30)16-15-19-9-3-2-4-10-19)25-28-22-13-7-8-14-23(22)29(25)17-20-11-5-6-12-21(20)26/h2-14,18H,15-17H2,1H3,(H,27,30). The molecular weight excluding hydrogens is 377 g/mol. The van der Waals surface area contributed by atoms with E-state index < -0.39 is 0 Å². The lowest BCUT2D eigenvalue weighted by molar-refractivity contribution is -0.121. The highest BCUT2D eigenvalue weighted by molar-refractivity contribution is 5.78. The van der Waals surface area contributed by atoms with Gasteiger partial charge in [-0.1, -0.05) is 60.7 Å². The first-order valence-electron chi connectivity index (χ1n) is 10.1. The minimum Gasteiger partial charge on any atom is -0.346 e. The van der Waals surface area contributed by atoms with Crippen LogP contribution in [-0.4, -0.2) is 15.5 Å². The Balaban J connectivity index is 1.55. The summed E-state index contributed by atoms with van der Waals surface area (Å²) in [6.45, 7) is 2.27. The van der Waals surface area contributed by atoms with Crippen LogP contribution in [0.1, 0.15) is 36.3 Å². The van der Waals surface area contributed by atoms with Crippen molar-refractivity contribution < 1.29 is 9.18 Å². The summed E-state index contributed by atoms with van der Waals surface area (Å²) >= 11 is 0. The first kappa shape index (κ1) is 19.8. The van der Waals surface area contributed by atoms with Crippen LogP contribution in [0.2, 0.25) is 0 Å². The number of hydrogen-bond donors (Lipinski definition) is 1. The van der Waals surface area contributed by atoms with Gasteiger partial charge in [0.15, 0.2) is 0 Å². The Morgan fingerprint density at radius 3 is 2.50 bits per heavy atom. The van der Waals surface area contributed by atoms with Crippen LogP contribution in [0.25, 0.3) is 11.0 Å². The van der Waals surface area contributed by atoms with E-state index in [1.165, 1.54) is 6.07 Å². The number of nitrogens with zero attached hydrogens (tertiary/aromatic N) is 2. The van der Waals surface area contributed by atoms with Crippen molar-refractivity contribution in [2.75, 3.05) is 0 Å². The first-order chi connectivity index (χ1) is 14.6. The highest BCUT2D eigenvalue weighted by Crippen LogP contribution is 2.23. The van der Waals surface area contributed by atoms with Gasteiger partial charge in [-0.05, 0) is 37.1 Å². The van der Waals surface area contributed by atoms with Gasteiger partial charge in [-0.25, -0.2) is 9.37 Å². The molecule has 152 valence electrons. The smallest absolute Gasteiger partial charge is 0.220 e. The third kappa shape index (κ3) is 4.40. The number of imidazole rings is 1. The lowest BCUT2D eigenvalue weighted by atomic mass is 10.1. The molecule has 1 N–H and O–H groups in total. The van der Waals surface area contributed by atoms with Crippen molar-refractivity contribution in [1.29, 1.82) is 0 Å². The molecule has 0 aliphatic heterocycles. The molecule has 3 aromatic carbocycles. The van der Waals surface area contributed by atoms with Crippen LogP contribution in [0, 0.1) is 5.82 Å². The average molecular weight is 401 g/mol. The number of halogens is 1. The van der Waals surface area contributed by atoms with Gasteiger partial charge in [-0.15, -0.1) is 0 Å². The van der Waals surface area contributed by atoms with Gasteiger partial charge < -0.3 is 9.88 Å². The zero-order valence-corrected chi connectivity index (χ0v) is 16.9. The van der Waals surface area contributed by atoms with Crippen molar-refractivity contribution in [3.05, 3.63) is 102 Å². The maximum absolute atomic E-state index is 14.3. The van der Waals surface area contributed by atoms with Gasteiger partial charge in [0.25, 0.3) is 0 Å². The molecule has 0 aliphatic carbocycles. The van der Waals surface area contributed by atoms with Crippen molar-refractivity contribution >= 4 is 16.9 Å². The van der Waals surface area contributed by atoms with Crippen LogP contribution in [0.3, 0.4) is 0 Å². The lowest BCUT2D eigenvalue weighted by Gasteiger charge is -2.17. The van der Waals surface area contributed by atoms with Crippen molar-refractivity contribution in [3.8, 4) is 0 Å². The molecule has 1 aromatic heterocycles. The fourth-order valence-electron chi connectivity index (χ4n) is 3.67. The van der Waals surface area contributed by atoms with E-state index in [1.807, 2.05) is 72.2 Å². The Morgan fingerprint density at radius 1 is 1.00 bits per heavy atom. The van der Waals surface area contributed by atoms with E-state index in [9.17, 15) is 9.18 Å². The molecule has 30 heavy (non-hydrogen) atoms. The number of aryl methyl sites for hydroxylation is 1. The number of para-hydroxylation sites is 2. The highest BCUT2D eigenvalue weighted by atomic mass is 19.1. The van der Waals surface area contributed by atoms with E-state index >= 15 is 0 Å². The summed E-state index contributed by atoms with van der Waals surface area (Å²) in [5.74, 6) is 0.434. The molecule has 0 saturated heterocycles. The Hall–Kier alpha value is -3.47. The number of rotatable bonds is 7. The molecule has 4 nitrogen and oxygen atoms in total. The molecule has 1 heterocycles. The van der Waals surface area contributed by atoms with Gasteiger partial charge in [0.05, 0.1) is 23.6 Å². The van der Waals surface area contributed by atoms with Gasteiger partial charge >= 0.3 is 0 Å². The van der Waals surface area contributed by atoms with Gasteiger partial charge in [-0.3, -0.25) is 4.79 Å². The van der Waals surface area contributed by atoms with Gasteiger partial charge in [0.2, 0.25) is 5.91 Å². The number of carbonyl (C=O) groups is 1. The third-order valence-electron chi connectivity index (χ3n) is 5.22. The highest BCUT2D eigenvalue weighted by Gasteiger charge is 2.19. The second-order valence-electron chi connectivity index (χ2n) is 7.41. The largest absolute Gasteiger partial charge is 0.346 e. The average Bonchev–Trinajstić information content (AvgIpc) is 3.13. The number of amides is 1. The van der Waals surface area contributed by atoms with E-state index in [0.717, 1.165) is 16.6 Å². The van der Waals surface area contributed by atoms with Crippen LogP contribution in [0.15, 0.2) is 78.9 Å². The Labute approximate surface area is 175 Å². The zero-order chi connectivity index (χ0) is 20.9. The second kappa shape index (κ2) is 8.91. The molecule has 1 atom stereocenters. The maximum atomic E-state index is 14.3. The minimum atomic E-state index is -0.299. The number of hydrogen-bond acceptors (Lipinski definition) is 2. The van der Waals surface area contributed by atoms with Crippen molar-refractivity contribution in [2.24, 2.45) is 0 Å². The van der Waals surface area contributed by atoms with Gasteiger partial charge in [0, 0.05) is 12.0 Å². The maximum Gasteiger partial charge on any atom is 0.220 e. The van der Waals surface area contributed by atoms with Crippen molar-refractivity contribution in [1.82, 2.24) is 14.9 Å². The molecule has 4 aromatic rings. The Bertz CT molecular complexity index is 1150. The molecular formula is C25H24FN3O. The summed E-state index contributed by atoms with van der Waals surface area (Å²) in [6, 6.07) is 24.2. The summed E-state index contributed by atoms with van der Waals surface area (Å²) in [7, 11) is 0. The predicted molar refractivity (Wildman–Crippen MR) is 117 cm³/mol. The van der Waals surface area contributed by atoms with E-state index in [1.54, 1.807) is 12.1 Å². The molecule has 0 saturated carbocycles. The summed E-state index contributed by atoms with van der Waals surface area (Å²) in [5, 5.41) is 3.05. The van der Waals surface area contributed by atoms with Crippen molar-refractivity contribution in [2.45, 2.75) is 32.4 Å². The number of aromatic nitrogens is 2. The number of benzene rings is 3. The molecule has 4 rings (SSSR count). The predicted octanol–water partition coefficient (Wildman–Crippen LogP) is 5.03. The number of nitrogens with one attached hydrogen (secondary N) is 1. The first-order valence-corrected chi connectivity index (χ1v) is 10.1. The second-order valence-corrected chi connectivity index (χ2v) is 7.41. The van der Waals surface area contributed by atoms with Crippen LogP contribution in [-0.2, 0) is 17.8 Å². The topological polar surface area (TPSA) is 46.9 Å². The lowest BCUT2D eigenvalue weighted by Crippen LogP contribution is -2.29. The summed E-state index contributed by atoms with van der Waals surface area (Å²) in [5.41, 5.74) is 3.46. The molecule has 0 spiro atoms. The fourth-order valence-corrected chi connectivity index (χ4v) is 3.67. The molecule has 1 unspecified atom stereocenters. The van der Waals surface area contributed by atoms with E-state index in [2.05, 4.69) is 5.32 Å². The van der Waals surface area contributed by atoms with Gasteiger partial charge in [0.1, 0.15) is 11.6 Å². The molecule has 1 amide bonds. The zero-order valence-electron chi connectivity index (χ0n) is 16.9. The summed E-state index contributed by atoms with van der Waals surface area (Å²) < 4.78 is 16.3. The Morgan fingerprint density at radius 2 is 1.70 bits per heavy atom. The molecule has 0 bridgehead atoms. The number of carbonyl (C=O) groups excluding carboxylic acids is 1. The molecule has 0 aliphatic rings. The molecule has 0 fully saturated rings. The van der Waals surface area contributed by atoms with Crippen molar-refractivity contribution in [3.63, 3.8) is 0 Å². The monoisotopic (exact) mass is 401 g/mol. The summed E-state index contributed by atoms with van der Waals surface area (Å²) in [4.78, 5) is 17.3. The van der Waals surface area contributed by atoms with E-state index in [-0.39, 0.29) is 17.8 Å². The number of fused-ring (bicyclic) bond motifs is 1. The molecule has 0 radical (unpaired) electrons. The van der Waals surface area contributed by atoms with E-state index in [4.69, 9.17) is 4.98 Å². The van der Waals surface area contributed by atoms with E-state index in [0.29, 0.717) is 30.8 Å². The summed E-state index contributed by atoms with van der Waals surface area (Å²) in [6.07, 6.45) is 1.09. The molecule has 5 heteroatoms. The van der Waals surface area contributed by atoms with Crippen LogP contribution < -0.4 is 5.32 Å².